The Morgan fingerprint density at radius 3 is 2.80 bits per heavy atom. The van der Waals surface area contributed by atoms with E-state index in [4.69, 9.17) is 4.74 Å². The van der Waals surface area contributed by atoms with Crippen LogP contribution in [0.15, 0.2) is 24.3 Å². The van der Waals surface area contributed by atoms with Crippen LogP contribution in [-0.4, -0.2) is 25.2 Å². The zero-order valence-corrected chi connectivity index (χ0v) is 10.4. The van der Waals surface area contributed by atoms with Crippen LogP contribution < -0.4 is 10.1 Å². The monoisotopic (exact) mass is 225 g/mol. The van der Waals surface area contributed by atoms with Gasteiger partial charge in [-0.1, -0.05) is 18.2 Å². The van der Waals surface area contributed by atoms with Gasteiger partial charge in [-0.05, 0) is 19.2 Å². The number of nitrogens with one attached hydrogen (secondary N) is 1. The van der Waals surface area contributed by atoms with Crippen molar-refractivity contribution < 1.29 is 4.74 Å². The molecule has 0 saturated heterocycles. The van der Waals surface area contributed by atoms with Crippen LogP contribution in [0.25, 0.3) is 0 Å². The topological polar surface area (TPSA) is 21.3 Å². The lowest BCUT2D eigenvalue weighted by Crippen LogP contribution is -2.27. The number of hydrogen-bond acceptors (Lipinski definition) is 3. The number of rotatable bonds is 6. The molecule has 3 heteroatoms. The molecule has 84 valence electrons. The molecule has 1 rings (SSSR count). The summed E-state index contributed by atoms with van der Waals surface area (Å²) in [5, 5.41) is 3.47. The van der Waals surface area contributed by atoms with Crippen molar-refractivity contribution in [3.05, 3.63) is 29.8 Å². The Morgan fingerprint density at radius 1 is 1.40 bits per heavy atom. The smallest absolute Gasteiger partial charge is 0.123 e. The summed E-state index contributed by atoms with van der Waals surface area (Å²) in [7, 11) is 1.71. The molecule has 2 nitrogen and oxygen atoms in total. The first-order valence-corrected chi connectivity index (χ1v) is 6.51. The second-order valence-electron chi connectivity index (χ2n) is 3.55. The zero-order chi connectivity index (χ0) is 11.1. The summed E-state index contributed by atoms with van der Waals surface area (Å²) in [5.74, 6) is 2.09. The van der Waals surface area contributed by atoms with E-state index in [0.717, 1.165) is 18.0 Å². The molecule has 0 aliphatic rings. The van der Waals surface area contributed by atoms with Gasteiger partial charge in [0.05, 0.1) is 7.11 Å². The van der Waals surface area contributed by atoms with Crippen LogP contribution in [-0.2, 0) is 6.54 Å². The molecule has 0 heterocycles. The summed E-state index contributed by atoms with van der Waals surface area (Å²) >= 11 is 1.86. The molecule has 1 N–H and O–H groups in total. The van der Waals surface area contributed by atoms with Crippen LogP contribution >= 0.6 is 11.8 Å². The first-order chi connectivity index (χ1) is 7.27. The quantitative estimate of drug-likeness (QED) is 0.804. The van der Waals surface area contributed by atoms with Crippen LogP contribution in [0.3, 0.4) is 0 Å². The first kappa shape index (κ1) is 12.4. The lowest BCUT2D eigenvalue weighted by Gasteiger charge is -2.14. The Morgan fingerprint density at radius 2 is 2.13 bits per heavy atom. The fourth-order valence-electron chi connectivity index (χ4n) is 1.44. The lowest BCUT2D eigenvalue weighted by molar-refractivity contribution is 0.406. The highest BCUT2D eigenvalue weighted by atomic mass is 32.2. The number of benzene rings is 1. The number of thioether (sulfide) groups is 1. The minimum Gasteiger partial charge on any atom is -0.496 e. The minimum absolute atomic E-state index is 0.532. The van der Waals surface area contributed by atoms with E-state index in [2.05, 4.69) is 24.6 Å². The molecule has 0 bridgehead atoms. The molecule has 0 aliphatic heterocycles. The van der Waals surface area contributed by atoms with Crippen LogP contribution in [0.1, 0.15) is 12.5 Å². The highest BCUT2D eigenvalue weighted by molar-refractivity contribution is 7.98. The van der Waals surface area contributed by atoms with Crippen molar-refractivity contribution in [3.8, 4) is 5.75 Å². The summed E-state index contributed by atoms with van der Waals surface area (Å²) in [6, 6.07) is 8.66. The Hall–Kier alpha value is -0.670. The molecule has 1 aromatic rings. The van der Waals surface area contributed by atoms with E-state index in [1.165, 1.54) is 5.56 Å². The van der Waals surface area contributed by atoms with Gasteiger partial charge in [0.15, 0.2) is 0 Å². The highest BCUT2D eigenvalue weighted by Crippen LogP contribution is 2.16. The fourth-order valence-corrected chi connectivity index (χ4v) is 2.06. The van der Waals surface area contributed by atoms with Crippen molar-refractivity contribution in [1.29, 1.82) is 0 Å². The van der Waals surface area contributed by atoms with E-state index in [-0.39, 0.29) is 0 Å². The minimum atomic E-state index is 0.532. The third-order valence-electron chi connectivity index (χ3n) is 2.25. The van der Waals surface area contributed by atoms with Gasteiger partial charge in [-0.25, -0.2) is 0 Å². The molecular weight excluding hydrogens is 206 g/mol. The molecule has 0 aromatic heterocycles. The lowest BCUT2D eigenvalue weighted by atomic mass is 10.2. The van der Waals surface area contributed by atoms with Crippen molar-refractivity contribution in [3.63, 3.8) is 0 Å². The third kappa shape index (κ3) is 4.14. The Balaban J connectivity index is 2.49. The zero-order valence-electron chi connectivity index (χ0n) is 9.62. The van der Waals surface area contributed by atoms with Crippen molar-refractivity contribution >= 4 is 11.8 Å². The van der Waals surface area contributed by atoms with Crippen LogP contribution in [0.2, 0.25) is 0 Å². The standard InChI is InChI=1S/C12H19NOS/c1-10(9-15-3)13-8-11-6-4-5-7-12(11)14-2/h4-7,10,13H,8-9H2,1-3H3. The van der Waals surface area contributed by atoms with Crippen LogP contribution in [0.4, 0.5) is 0 Å². The molecule has 1 aromatic carbocycles. The average molecular weight is 225 g/mol. The second kappa shape index (κ2) is 6.75. The number of para-hydroxylation sites is 1. The number of ether oxygens (including phenoxy) is 1. The SMILES string of the molecule is COc1ccccc1CNC(C)CSC. The summed E-state index contributed by atoms with van der Waals surface area (Å²) in [4.78, 5) is 0. The van der Waals surface area contributed by atoms with E-state index in [1.807, 2.05) is 30.0 Å². The van der Waals surface area contributed by atoms with Gasteiger partial charge in [0.2, 0.25) is 0 Å². The largest absolute Gasteiger partial charge is 0.496 e. The summed E-state index contributed by atoms with van der Waals surface area (Å²) in [6.45, 7) is 3.07. The molecule has 0 amide bonds. The van der Waals surface area contributed by atoms with Crippen molar-refractivity contribution in [2.24, 2.45) is 0 Å². The maximum absolute atomic E-state index is 5.29. The Kier molecular flexibility index (Phi) is 5.58. The predicted molar refractivity (Wildman–Crippen MR) is 67.7 cm³/mol. The van der Waals surface area contributed by atoms with Gasteiger partial charge < -0.3 is 10.1 Å². The van der Waals surface area contributed by atoms with E-state index in [9.17, 15) is 0 Å². The maximum Gasteiger partial charge on any atom is 0.123 e. The maximum atomic E-state index is 5.29. The molecule has 1 atom stereocenters. The number of methoxy groups -OCH3 is 1. The van der Waals surface area contributed by atoms with Crippen molar-refractivity contribution in [1.82, 2.24) is 5.32 Å². The van der Waals surface area contributed by atoms with E-state index in [0.29, 0.717) is 6.04 Å². The van der Waals surface area contributed by atoms with Crippen LogP contribution in [0.5, 0.6) is 5.75 Å². The molecule has 0 fully saturated rings. The fraction of sp³-hybridized carbons (Fsp3) is 0.500. The van der Waals surface area contributed by atoms with E-state index in [1.54, 1.807) is 7.11 Å². The second-order valence-corrected chi connectivity index (χ2v) is 4.46. The molecule has 15 heavy (non-hydrogen) atoms. The summed E-state index contributed by atoms with van der Waals surface area (Å²) in [6.07, 6.45) is 2.13. The van der Waals surface area contributed by atoms with Crippen LogP contribution in [0, 0.1) is 0 Å². The predicted octanol–water partition coefficient (Wildman–Crippen LogP) is 2.54. The van der Waals surface area contributed by atoms with Gasteiger partial charge in [-0.3, -0.25) is 0 Å². The molecule has 0 saturated carbocycles. The average Bonchev–Trinajstić information content (AvgIpc) is 2.27. The molecular formula is C12H19NOS. The Bertz CT molecular complexity index is 291. The number of hydrogen-bond donors (Lipinski definition) is 1. The summed E-state index contributed by atoms with van der Waals surface area (Å²) in [5.41, 5.74) is 1.22. The van der Waals surface area contributed by atoms with E-state index >= 15 is 0 Å². The normalized spacial score (nSPS) is 12.5. The van der Waals surface area contributed by atoms with Gasteiger partial charge in [0, 0.05) is 23.9 Å². The van der Waals surface area contributed by atoms with Gasteiger partial charge >= 0.3 is 0 Å². The molecule has 0 radical (unpaired) electrons. The highest BCUT2D eigenvalue weighted by Gasteiger charge is 2.03. The van der Waals surface area contributed by atoms with E-state index < -0.39 is 0 Å². The van der Waals surface area contributed by atoms with Gasteiger partial charge in [-0.2, -0.15) is 11.8 Å². The first-order valence-electron chi connectivity index (χ1n) is 5.12. The molecule has 0 aliphatic carbocycles. The van der Waals surface area contributed by atoms with Gasteiger partial charge in [-0.15, -0.1) is 0 Å². The molecule has 1 unspecified atom stereocenters. The third-order valence-corrected chi connectivity index (χ3v) is 3.08. The molecule has 0 spiro atoms. The summed E-state index contributed by atoms with van der Waals surface area (Å²) < 4.78 is 5.29. The van der Waals surface area contributed by atoms with Gasteiger partial charge in [0.1, 0.15) is 5.75 Å². The Labute approximate surface area is 96.4 Å². The van der Waals surface area contributed by atoms with Crippen molar-refractivity contribution in [2.75, 3.05) is 19.1 Å². The van der Waals surface area contributed by atoms with Gasteiger partial charge in [0.25, 0.3) is 0 Å². The van der Waals surface area contributed by atoms with Crippen molar-refractivity contribution in [2.45, 2.75) is 19.5 Å².